The number of carbonyl (C=O) groups is 1. The number of hydrogen-bond acceptors (Lipinski definition) is 3. The van der Waals surface area contributed by atoms with Gasteiger partial charge in [0.15, 0.2) is 0 Å². The molecule has 0 radical (unpaired) electrons. The largest absolute Gasteiger partial charge is 0.390 e. The minimum absolute atomic E-state index is 0.0121. The van der Waals surface area contributed by atoms with Crippen LogP contribution in [0, 0.1) is 0 Å². The summed E-state index contributed by atoms with van der Waals surface area (Å²) in [5.74, 6) is 0.0121. The molecular formula is C9H16O3. The molecule has 1 rings (SSSR count). The number of Topliss-reactive ketones (excluding diaryl/α,β-unsaturated/α-hetero) is 1. The fraction of sp³-hybridized carbons (Fsp3) is 0.889. The molecule has 0 bridgehead atoms. The summed E-state index contributed by atoms with van der Waals surface area (Å²) < 4.78 is 5.31. The highest BCUT2D eigenvalue weighted by Gasteiger charge is 2.57. The van der Waals surface area contributed by atoms with E-state index in [-0.39, 0.29) is 18.3 Å². The average molecular weight is 172 g/mol. The molecule has 0 aromatic heterocycles. The summed E-state index contributed by atoms with van der Waals surface area (Å²) in [6, 6.07) is 0. The van der Waals surface area contributed by atoms with E-state index in [9.17, 15) is 9.90 Å². The number of carbonyl (C=O) groups excluding carboxylic acids is 1. The monoisotopic (exact) mass is 172 g/mol. The van der Waals surface area contributed by atoms with Crippen molar-refractivity contribution in [2.24, 2.45) is 0 Å². The van der Waals surface area contributed by atoms with Crippen LogP contribution in [-0.4, -0.2) is 28.7 Å². The van der Waals surface area contributed by atoms with Crippen molar-refractivity contribution in [2.45, 2.75) is 51.4 Å². The Balaban J connectivity index is 2.51. The van der Waals surface area contributed by atoms with Crippen LogP contribution >= 0.6 is 0 Å². The molecular weight excluding hydrogens is 156 g/mol. The number of rotatable bonds is 4. The number of aliphatic hydroxyl groups is 1. The second-order valence-corrected chi connectivity index (χ2v) is 3.49. The minimum Gasteiger partial charge on any atom is -0.390 e. The highest BCUT2D eigenvalue weighted by atomic mass is 16.6. The van der Waals surface area contributed by atoms with E-state index >= 15 is 0 Å². The van der Waals surface area contributed by atoms with Crippen LogP contribution in [0.2, 0.25) is 0 Å². The third-order valence-corrected chi connectivity index (χ3v) is 2.62. The lowest BCUT2D eigenvalue weighted by atomic mass is 9.93. The predicted octanol–water partition coefficient (Wildman–Crippen LogP) is 0.894. The smallest absolute Gasteiger partial charge is 0.132 e. The Morgan fingerprint density at radius 1 is 1.75 bits per heavy atom. The van der Waals surface area contributed by atoms with Gasteiger partial charge < -0.3 is 9.84 Å². The van der Waals surface area contributed by atoms with Crippen molar-refractivity contribution in [3.05, 3.63) is 0 Å². The van der Waals surface area contributed by atoms with Crippen molar-refractivity contribution in [1.82, 2.24) is 0 Å². The molecule has 3 unspecified atom stereocenters. The first-order chi connectivity index (χ1) is 5.53. The Morgan fingerprint density at radius 2 is 2.25 bits per heavy atom. The van der Waals surface area contributed by atoms with Crippen LogP contribution in [0.3, 0.4) is 0 Å². The van der Waals surface area contributed by atoms with Crippen LogP contribution in [0.25, 0.3) is 0 Å². The summed E-state index contributed by atoms with van der Waals surface area (Å²) in [6.07, 6.45) is 0.438. The Hall–Kier alpha value is -0.410. The lowest BCUT2D eigenvalue weighted by Gasteiger charge is -2.16. The molecule has 12 heavy (non-hydrogen) atoms. The molecule has 1 aliphatic rings. The molecule has 0 saturated carbocycles. The topological polar surface area (TPSA) is 49.8 Å². The normalized spacial score (nSPS) is 36.2. The zero-order valence-electron chi connectivity index (χ0n) is 7.83. The van der Waals surface area contributed by atoms with Gasteiger partial charge in [-0.05, 0) is 20.3 Å². The highest BCUT2D eigenvalue weighted by molar-refractivity contribution is 5.76. The van der Waals surface area contributed by atoms with E-state index in [4.69, 9.17) is 4.74 Å². The van der Waals surface area contributed by atoms with Crippen LogP contribution in [0.5, 0.6) is 0 Å². The molecule has 3 heteroatoms. The quantitative estimate of drug-likeness (QED) is 0.641. The lowest BCUT2D eigenvalue weighted by Crippen LogP contribution is -2.32. The van der Waals surface area contributed by atoms with E-state index in [2.05, 4.69) is 0 Å². The lowest BCUT2D eigenvalue weighted by molar-refractivity contribution is -0.119. The number of hydrogen-bond donors (Lipinski definition) is 1. The maximum absolute atomic E-state index is 10.7. The maximum Gasteiger partial charge on any atom is 0.132 e. The summed E-state index contributed by atoms with van der Waals surface area (Å²) in [7, 11) is 0. The SMILES string of the molecule is CCC1(C(O)CC(C)=O)OC1C. The Kier molecular flexibility index (Phi) is 2.54. The Morgan fingerprint density at radius 3 is 2.50 bits per heavy atom. The first-order valence-electron chi connectivity index (χ1n) is 4.38. The van der Waals surface area contributed by atoms with E-state index in [0.717, 1.165) is 6.42 Å². The van der Waals surface area contributed by atoms with Gasteiger partial charge in [-0.15, -0.1) is 0 Å². The van der Waals surface area contributed by atoms with E-state index in [1.165, 1.54) is 6.92 Å². The van der Waals surface area contributed by atoms with Crippen molar-refractivity contribution in [1.29, 1.82) is 0 Å². The van der Waals surface area contributed by atoms with Crippen LogP contribution in [0.4, 0.5) is 0 Å². The van der Waals surface area contributed by atoms with Gasteiger partial charge >= 0.3 is 0 Å². The molecule has 3 nitrogen and oxygen atoms in total. The Bertz CT molecular complexity index is 186. The third kappa shape index (κ3) is 1.52. The molecule has 1 aliphatic heterocycles. The van der Waals surface area contributed by atoms with Crippen LogP contribution in [0.1, 0.15) is 33.6 Å². The molecule has 0 amide bonds. The van der Waals surface area contributed by atoms with Gasteiger partial charge in [0.2, 0.25) is 0 Å². The zero-order valence-corrected chi connectivity index (χ0v) is 7.83. The molecule has 3 atom stereocenters. The van der Waals surface area contributed by atoms with Crippen LogP contribution in [0.15, 0.2) is 0 Å². The fourth-order valence-corrected chi connectivity index (χ4v) is 1.70. The molecule has 0 aliphatic carbocycles. The second-order valence-electron chi connectivity index (χ2n) is 3.49. The first kappa shape index (κ1) is 9.68. The van der Waals surface area contributed by atoms with Gasteiger partial charge in [-0.1, -0.05) is 6.92 Å². The molecule has 1 N–H and O–H groups in total. The highest BCUT2D eigenvalue weighted by Crippen LogP contribution is 2.43. The summed E-state index contributed by atoms with van der Waals surface area (Å²) in [5.41, 5.74) is -0.425. The van der Waals surface area contributed by atoms with E-state index < -0.39 is 11.7 Å². The van der Waals surface area contributed by atoms with Gasteiger partial charge in [0, 0.05) is 6.42 Å². The van der Waals surface area contributed by atoms with E-state index in [1.54, 1.807) is 0 Å². The summed E-state index contributed by atoms with van der Waals surface area (Å²) >= 11 is 0. The zero-order chi connectivity index (χ0) is 9.35. The van der Waals surface area contributed by atoms with Gasteiger partial charge in [-0.2, -0.15) is 0 Å². The van der Waals surface area contributed by atoms with Gasteiger partial charge in [-0.25, -0.2) is 0 Å². The standard InChI is InChI=1S/C9H16O3/c1-4-9(7(3)12-9)8(11)5-6(2)10/h7-8,11H,4-5H2,1-3H3. The molecule has 1 saturated heterocycles. The summed E-state index contributed by atoms with van der Waals surface area (Å²) in [6.45, 7) is 5.37. The molecule has 1 heterocycles. The summed E-state index contributed by atoms with van der Waals surface area (Å²) in [5, 5.41) is 9.63. The molecule has 70 valence electrons. The molecule has 0 aromatic rings. The first-order valence-corrected chi connectivity index (χ1v) is 4.38. The van der Waals surface area contributed by atoms with Gasteiger partial charge in [0.1, 0.15) is 11.4 Å². The van der Waals surface area contributed by atoms with Crippen LogP contribution < -0.4 is 0 Å². The summed E-state index contributed by atoms with van der Waals surface area (Å²) in [4.78, 5) is 10.7. The van der Waals surface area contributed by atoms with Crippen LogP contribution in [-0.2, 0) is 9.53 Å². The molecule has 0 aromatic carbocycles. The molecule has 0 spiro atoms. The van der Waals surface area contributed by atoms with Crippen molar-refractivity contribution >= 4 is 5.78 Å². The van der Waals surface area contributed by atoms with Crippen molar-refractivity contribution in [3.63, 3.8) is 0 Å². The van der Waals surface area contributed by atoms with E-state index in [0.29, 0.717) is 0 Å². The number of ketones is 1. The number of aliphatic hydroxyl groups excluding tert-OH is 1. The second kappa shape index (κ2) is 3.15. The van der Waals surface area contributed by atoms with E-state index in [1.807, 2.05) is 13.8 Å². The number of ether oxygens (including phenoxy) is 1. The van der Waals surface area contributed by atoms with Crippen molar-refractivity contribution < 1.29 is 14.6 Å². The Labute approximate surface area is 72.7 Å². The number of epoxide rings is 1. The maximum atomic E-state index is 10.7. The van der Waals surface area contributed by atoms with Gasteiger partial charge in [-0.3, -0.25) is 4.79 Å². The predicted molar refractivity (Wildman–Crippen MR) is 44.9 cm³/mol. The van der Waals surface area contributed by atoms with Crippen molar-refractivity contribution in [2.75, 3.05) is 0 Å². The minimum atomic E-state index is -0.630. The fourth-order valence-electron chi connectivity index (χ4n) is 1.70. The average Bonchev–Trinajstić information content (AvgIpc) is 2.61. The van der Waals surface area contributed by atoms with Gasteiger partial charge in [0.05, 0.1) is 12.2 Å². The third-order valence-electron chi connectivity index (χ3n) is 2.62. The molecule has 1 fully saturated rings. The van der Waals surface area contributed by atoms with Crippen molar-refractivity contribution in [3.8, 4) is 0 Å². The van der Waals surface area contributed by atoms with Gasteiger partial charge in [0.25, 0.3) is 0 Å².